The van der Waals surface area contributed by atoms with Gasteiger partial charge in [0.05, 0.1) is 52.4 Å². The van der Waals surface area contributed by atoms with Gasteiger partial charge in [0.1, 0.15) is 0 Å². The molecule has 0 amide bonds. The standard InChI is InChI=1S/2C28H60N.C7H8.4O.W/c2*1-5-9-13-17-21-25-29(26-22-18-14-10-6-2,27-23-19-15-11-7-3)28-24-20-16-12-8-4;1-7-5-3-2-4-6-7;;;;;/h2*5-28H2,1-4H3;2-6H,1H3;;;;;/q2*+1;;;;2*-1;. The van der Waals surface area contributed by atoms with Gasteiger partial charge in [-0.05, 0) is 110 Å². The van der Waals surface area contributed by atoms with Gasteiger partial charge in [-0.1, -0.05) is 245 Å². The van der Waals surface area contributed by atoms with Gasteiger partial charge in [-0.15, -0.1) is 0 Å². The quantitative estimate of drug-likeness (QED) is 0.0481. The molecule has 420 valence electrons. The summed E-state index contributed by atoms with van der Waals surface area (Å²) in [5.41, 5.74) is 1.32. The Hall–Kier alpha value is -0.652. The van der Waals surface area contributed by atoms with Crippen LogP contribution in [0.15, 0.2) is 30.3 Å². The Balaban J connectivity index is -0.00000103. The second-order valence-electron chi connectivity index (χ2n) is 21.8. The maximum atomic E-state index is 8.65. The van der Waals surface area contributed by atoms with E-state index in [4.69, 9.17) is 14.3 Å². The molecule has 0 bridgehead atoms. The monoisotopic (exact) mass is 1160 g/mol. The number of aryl methyl sites for hydroxylation is 1. The molecule has 1 aromatic carbocycles. The van der Waals surface area contributed by atoms with Crippen LogP contribution in [0.1, 0.15) is 318 Å². The molecule has 0 fully saturated rings. The molecule has 0 aliphatic heterocycles. The molecule has 0 heterocycles. The van der Waals surface area contributed by atoms with Crippen molar-refractivity contribution in [3.05, 3.63) is 35.9 Å². The summed E-state index contributed by atoms with van der Waals surface area (Å²) in [6.45, 7) is 32.5. The summed E-state index contributed by atoms with van der Waals surface area (Å²) < 4.78 is 37.5. The predicted molar refractivity (Wildman–Crippen MR) is 302 cm³/mol. The normalized spacial score (nSPS) is 11.6. The van der Waals surface area contributed by atoms with Crippen molar-refractivity contribution in [3.8, 4) is 0 Å². The molecule has 1 aromatic rings. The van der Waals surface area contributed by atoms with Crippen LogP contribution in [0.25, 0.3) is 0 Å². The summed E-state index contributed by atoms with van der Waals surface area (Å²) in [5.74, 6) is 0. The summed E-state index contributed by atoms with van der Waals surface area (Å²) in [4.78, 5) is 0. The first-order valence-corrected chi connectivity index (χ1v) is 36.1. The van der Waals surface area contributed by atoms with Crippen LogP contribution >= 0.6 is 0 Å². The fraction of sp³-hybridized carbons (Fsp3) is 0.905. The molecule has 0 saturated carbocycles. The molecule has 0 saturated heterocycles. The van der Waals surface area contributed by atoms with Crippen molar-refractivity contribution in [2.45, 2.75) is 319 Å². The number of unbranched alkanes of at least 4 members (excludes halogenated alkanes) is 32. The van der Waals surface area contributed by atoms with Crippen LogP contribution < -0.4 is 7.52 Å². The molecule has 6 nitrogen and oxygen atoms in total. The zero-order valence-electron chi connectivity index (χ0n) is 49.3. The zero-order chi connectivity index (χ0) is 52.6. The molecule has 0 aromatic heterocycles. The van der Waals surface area contributed by atoms with E-state index in [9.17, 15) is 0 Å². The Morgan fingerprint density at radius 2 is 0.429 bits per heavy atom. The van der Waals surface area contributed by atoms with E-state index in [1.165, 1.54) is 324 Å². The van der Waals surface area contributed by atoms with Gasteiger partial charge < -0.3 is 8.97 Å². The minimum atomic E-state index is -6.17. The molecular weight excluding hydrogens is 1030 g/mol. The molecule has 0 atom stereocenters. The van der Waals surface area contributed by atoms with Crippen LogP contribution in [0.2, 0.25) is 0 Å². The van der Waals surface area contributed by atoms with E-state index in [1.54, 1.807) is 0 Å². The van der Waals surface area contributed by atoms with Crippen LogP contribution in [0, 0.1) is 6.92 Å². The van der Waals surface area contributed by atoms with E-state index in [2.05, 4.69) is 74.4 Å². The SMILES string of the molecule is CCCCCCC[N+](CCCCCCC)(CCCCCCC)CCCCCCC.CCCCCCC[N+](CCCCCCC)(CCCCCCC)CCCCCCC.Cc1ccccc1.[O]=[W](=[O])([O-])[O-]. The zero-order valence-corrected chi connectivity index (χ0v) is 52.2. The van der Waals surface area contributed by atoms with Gasteiger partial charge in [-0.3, -0.25) is 0 Å². The Kier molecular flexibility index (Phi) is 60.6. The van der Waals surface area contributed by atoms with E-state index in [-0.39, 0.29) is 0 Å². The Labute approximate surface area is 445 Å². The first kappa shape index (κ1) is 73.6. The summed E-state index contributed by atoms with van der Waals surface area (Å²) in [6.07, 6.45) is 57.6. The first-order chi connectivity index (χ1) is 33.9. The molecular formula is C63H128N2O4W. The number of rotatable bonds is 48. The molecule has 0 radical (unpaired) electrons. The predicted octanol–water partition coefficient (Wildman–Crippen LogP) is 18.7. The van der Waals surface area contributed by atoms with Gasteiger partial charge >= 0.3 is 31.1 Å². The second-order valence-corrected chi connectivity index (χ2v) is 24.8. The van der Waals surface area contributed by atoms with Crippen LogP contribution in [0.4, 0.5) is 0 Å². The van der Waals surface area contributed by atoms with E-state index < -0.39 is 16.7 Å². The summed E-state index contributed by atoms with van der Waals surface area (Å²) in [5, 5.41) is 0. The minimum absolute atomic E-state index is 1.32. The number of nitrogens with zero attached hydrogens (tertiary/aromatic N) is 2. The number of hydrogen-bond acceptors (Lipinski definition) is 4. The van der Waals surface area contributed by atoms with Gasteiger partial charge in [0, 0.05) is 0 Å². The molecule has 0 N–H and O–H groups in total. The van der Waals surface area contributed by atoms with Gasteiger partial charge in [-0.25, -0.2) is 0 Å². The summed E-state index contributed by atoms with van der Waals surface area (Å²) in [6, 6.07) is 10.3. The van der Waals surface area contributed by atoms with E-state index in [0.717, 1.165) is 0 Å². The van der Waals surface area contributed by atoms with Gasteiger partial charge in [0.2, 0.25) is 0 Å². The molecule has 0 aliphatic carbocycles. The maximum absolute atomic E-state index is 8.65. The third-order valence-corrected chi connectivity index (χ3v) is 14.8. The van der Waals surface area contributed by atoms with Crippen molar-refractivity contribution in [1.29, 1.82) is 0 Å². The van der Waals surface area contributed by atoms with Crippen molar-refractivity contribution in [3.63, 3.8) is 0 Å². The van der Waals surface area contributed by atoms with Crippen LogP contribution in [0.3, 0.4) is 0 Å². The fourth-order valence-corrected chi connectivity index (χ4v) is 10.3. The number of benzene rings is 1. The number of hydrogen-bond donors (Lipinski definition) is 0. The Bertz CT molecular complexity index is 1020. The molecule has 1 rings (SSSR count). The van der Waals surface area contributed by atoms with Crippen molar-refractivity contribution < 1.29 is 40.0 Å². The van der Waals surface area contributed by atoms with Crippen molar-refractivity contribution in [1.82, 2.24) is 0 Å². The number of quaternary nitrogens is 2. The average molecular weight is 1160 g/mol. The van der Waals surface area contributed by atoms with Crippen LogP contribution in [0.5, 0.6) is 0 Å². The molecule has 70 heavy (non-hydrogen) atoms. The van der Waals surface area contributed by atoms with Gasteiger partial charge in [-0.2, -0.15) is 0 Å². The van der Waals surface area contributed by atoms with Crippen molar-refractivity contribution >= 4 is 0 Å². The second kappa shape index (κ2) is 57.6. The van der Waals surface area contributed by atoms with Crippen LogP contribution in [-0.4, -0.2) is 61.3 Å². The molecule has 0 spiro atoms. The van der Waals surface area contributed by atoms with Crippen molar-refractivity contribution in [2.75, 3.05) is 52.4 Å². The topological polar surface area (TPSA) is 80.3 Å². The molecule has 7 heteroatoms. The third-order valence-electron chi connectivity index (χ3n) is 14.8. The van der Waals surface area contributed by atoms with E-state index in [0.29, 0.717) is 0 Å². The van der Waals surface area contributed by atoms with Crippen molar-refractivity contribution in [2.24, 2.45) is 0 Å². The molecule has 0 aliphatic rings. The third kappa shape index (κ3) is 58.2. The van der Waals surface area contributed by atoms with Gasteiger partial charge in [0.15, 0.2) is 0 Å². The first-order valence-electron chi connectivity index (χ1n) is 31.3. The Morgan fingerprint density at radius 1 is 0.286 bits per heavy atom. The molecule has 0 unspecified atom stereocenters. The Morgan fingerprint density at radius 3 is 0.543 bits per heavy atom. The van der Waals surface area contributed by atoms with E-state index >= 15 is 0 Å². The summed E-state index contributed by atoms with van der Waals surface area (Å²) >= 11 is -6.17. The van der Waals surface area contributed by atoms with E-state index in [1.807, 2.05) is 18.2 Å². The average Bonchev–Trinajstić information content (AvgIpc) is 3.33. The van der Waals surface area contributed by atoms with Crippen LogP contribution in [-0.2, 0) is 23.5 Å². The fourth-order valence-electron chi connectivity index (χ4n) is 10.3. The van der Waals surface area contributed by atoms with Gasteiger partial charge in [0.25, 0.3) is 0 Å². The summed E-state index contributed by atoms with van der Waals surface area (Å²) in [7, 11) is 0.